The molecule has 0 saturated heterocycles. The maximum atomic E-state index is 11.8. The van der Waals surface area contributed by atoms with Crippen molar-refractivity contribution in [3.05, 3.63) is 81.5 Å². The SMILES string of the molecule is O=C(NCCCCC(Nc1nc(Nc2ccc(Cl)cc2)ncc1[N+](=O)[O-])C(=O)O)OCc1ccccc1. The zero-order chi connectivity index (χ0) is 26.6. The maximum absolute atomic E-state index is 11.8. The van der Waals surface area contributed by atoms with Gasteiger partial charge < -0.3 is 25.8 Å². The largest absolute Gasteiger partial charge is 0.480 e. The van der Waals surface area contributed by atoms with E-state index in [1.54, 1.807) is 24.3 Å². The van der Waals surface area contributed by atoms with Crippen molar-refractivity contribution in [1.82, 2.24) is 15.3 Å². The van der Waals surface area contributed by atoms with Crippen LogP contribution in [0.1, 0.15) is 24.8 Å². The number of aliphatic carboxylic acids is 1. The van der Waals surface area contributed by atoms with Gasteiger partial charge in [-0.25, -0.2) is 14.6 Å². The first-order chi connectivity index (χ1) is 17.8. The minimum absolute atomic E-state index is 0.0396. The summed E-state index contributed by atoms with van der Waals surface area (Å²) in [4.78, 5) is 42.4. The normalized spacial score (nSPS) is 11.3. The molecule has 3 rings (SSSR count). The number of nitrogens with one attached hydrogen (secondary N) is 3. The van der Waals surface area contributed by atoms with Crippen LogP contribution in [-0.4, -0.2) is 44.6 Å². The number of hydrogen-bond acceptors (Lipinski definition) is 9. The molecule has 1 heterocycles. The van der Waals surface area contributed by atoms with E-state index in [4.69, 9.17) is 16.3 Å². The average Bonchev–Trinajstić information content (AvgIpc) is 2.88. The van der Waals surface area contributed by atoms with Gasteiger partial charge in [0.2, 0.25) is 11.8 Å². The molecule has 0 aliphatic rings. The Labute approximate surface area is 217 Å². The Kier molecular flexibility index (Phi) is 9.97. The van der Waals surface area contributed by atoms with Gasteiger partial charge in [-0.3, -0.25) is 10.1 Å². The number of ether oxygens (including phenoxy) is 1. The van der Waals surface area contributed by atoms with E-state index in [1.165, 1.54) is 0 Å². The third kappa shape index (κ3) is 8.93. The molecule has 1 amide bonds. The molecule has 4 N–H and O–H groups in total. The number of hydrogen-bond donors (Lipinski definition) is 4. The number of unbranched alkanes of at least 4 members (excludes halogenated alkanes) is 1. The number of carboxylic acids is 1. The van der Waals surface area contributed by atoms with Crippen molar-refractivity contribution in [2.24, 2.45) is 0 Å². The summed E-state index contributed by atoms with van der Waals surface area (Å²) in [6.07, 6.45) is 1.45. The zero-order valence-corrected chi connectivity index (χ0v) is 20.4. The van der Waals surface area contributed by atoms with Crippen molar-refractivity contribution in [3.63, 3.8) is 0 Å². The Balaban J connectivity index is 1.52. The molecule has 0 fully saturated rings. The molecule has 3 aromatic rings. The highest BCUT2D eigenvalue weighted by atomic mass is 35.5. The maximum Gasteiger partial charge on any atom is 0.407 e. The summed E-state index contributed by atoms with van der Waals surface area (Å²) >= 11 is 5.87. The van der Waals surface area contributed by atoms with Crippen LogP contribution in [0.2, 0.25) is 5.02 Å². The predicted molar refractivity (Wildman–Crippen MR) is 137 cm³/mol. The van der Waals surface area contributed by atoms with Crippen molar-refractivity contribution < 1.29 is 24.4 Å². The summed E-state index contributed by atoms with van der Waals surface area (Å²) in [5.41, 5.74) is 0.989. The number of nitrogens with zero attached hydrogens (tertiary/aromatic N) is 3. The Bertz CT molecular complexity index is 1210. The molecule has 13 heteroatoms. The monoisotopic (exact) mass is 528 g/mol. The standard InChI is InChI=1S/C24H25ClN6O6/c25-17-9-11-18(12-10-17)28-23-27-14-20(31(35)36)21(30-23)29-19(22(32)33)8-4-5-13-26-24(34)37-15-16-6-2-1-3-7-16/h1-3,6-7,9-12,14,19H,4-5,8,13,15H2,(H,26,34)(H,32,33)(H2,27,28,29,30). The van der Waals surface area contributed by atoms with E-state index < -0.39 is 28.7 Å². The van der Waals surface area contributed by atoms with E-state index in [0.717, 1.165) is 11.8 Å². The predicted octanol–water partition coefficient (Wildman–Crippen LogP) is 4.74. The van der Waals surface area contributed by atoms with Crippen molar-refractivity contribution in [2.75, 3.05) is 17.2 Å². The lowest BCUT2D eigenvalue weighted by atomic mass is 10.1. The van der Waals surface area contributed by atoms with Gasteiger partial charge in [-0.15, -0.1) is 0 Å². The number of aromatic nitrogens is 2. The number of alkyl carbamates (subject to hydrolysis) is 1. The molecule has 1 aromatic heterocycles. The van der Waals surface area contributed by atoms with Crippen LogP contribution in [0.4, 0.5) is 27.9 Å². The lowest BCUT2D eigenvalue weighted by molar-refractivity contribution is -0.384. The Morgan fingerprint density at radius 3 is 2.51 bits per heavy atom. The van der Waals surface area contributed by atoms with Crippen LogP contribution in [0.15, 0.2) is 60.8 Å². The second-order valence-electron chi connectivity index (χ2n) is 7.84. The molecular formula is C24H25ClN6O6. The van der Waals surface area contributed by atoms with E-state index in [9.17, 15) is 24.8 Å². The lowest BCUT2D eigenvalue weighted by Gasteiger charge is -2.16. The van der Waals surface area contributed by atoms with Gasteiger partial charge in [0, 0.05) is 17.3 Å². The molecule has 37 heavy (non-hydrogen) atoms. The molecule has 194 valence electrons. The number of carbonyl (C=O) groups excluding carboxylic acids is 1. The van der Waals surface area contributed by atoms with Crippen LogP contribution >= 0.6 is 11.6 Å². The van der Waals surface area contributed by atoms with E-state index in [2.05, 4.69) is 25.9 Å². The minimum atomic E-state index is -1.20. The van der Waals surface area contributed by atoms with Gasteiger partial charge in [0.25, 0.3) is 0 Å². The first-order valence-corrected chi connectivity index (χ1v) is 11.7. The molecule has 0 spiro atoms. The second-order valence-corrected chi connectivity index (χ2v) is 8.27. The van der Waals surface area contributed by atoms with Crippen LogP contribution in [-0.2, 0) is 16.1 Å². The number of halogens is 1. The molecule has 0 aliphatic heterocycles. The number of benzene rings is 2. The second kappa shape index (κ2) is 13.6. The lowest BCUT2D eigenvalue weighted by Crippen LogP contribution is -2.31. The van der Waals surface area contributed by atoms with E-state index in [-0.39, 0.29) is 31.3 Å². The highest BCUT2D eigenvalue weighted by molar-refractivity contribution is 6.30. The molecular weight excluding hydrogens is 504 g/mol. The van der Waals surface area contributed by atoms with Gasteiger partial charge in [0.1, 0.15) is 18.8 Å². The third-order valence-corrected chi connectivity index (χ3v) is 5.33. The number of rotatable bonds is 13. The zero-order valence-electron chi connectivity index (χ0n) is 19.6. The summed E-state index contributed by atoms with van der Waals surface area (Å²) in [5, 5.41) is 29.7. The quantitative estimate of drug-likeness (QED) is 0.138. The topological polar surface area (TPSA) is 169 Å². The molecule has 1 unspecified atom stereocenters. The smallest absolute Gasteiger partial charge is 0.407 e. The molecule has 0 bridgehead atoms. The van der Waals surface area contributed by atoms with Crippen molar-refractivity contribution in [1.29, 1.82) is 0 Å². The van der Waals surface area contributed by atoms with Crippen molar-refractivity contribution >= 4 is 46.8 Å². The third-order valence-electron chi connectivity index (χ3n) is 5.08. The number of nitro groups is 1. The highest BCUT2D eigenvalue weighted by Gasteiger charge is 2.24. The van der Waals surface area contributed by atoms with Gasteiger partial charge in [-0.1, -0.05) is 41.9 Å². The molecule has 1 atom stereocenters. The van der Waals surface area contributed by atoms with E-state index >= 15 is 0 Å². The minimum Gasteiger partial charge on any atom is -0.480 e. The van der Waals surface area contributed by atoms with Crippen LogP contribution < -0.4 is 16.0 Å². The van der Waals surface area contributed by atoms with Gasteiger partial charge in [-0.05, 0) is 49.1 Å². The van der Waals surface area contributed by atoms with E-state index in [1.807, 2.05) is 30.3 Å². The molecule has 0 radical (unpaired) electrons. The molecule has 2 aromatic carbocycles. The number of anilines is 3. The number of carbonyl (C=O) groups is 2. The summed E-state index contributed by atoms with van der Waals surface area (Å²) in [6.45, 7) is 0.424. The average molecular weight is 529 g/mol. The van der Waals surface area contributed by atoms with Crippen LogP contribution in [0, 0.1) is 10.1 Å². The summed E-state index contributed by atoms with van der Waals surface area (Å²) in [5.74, 6) is -1.39. The van der Waals surface area contributed by atoms with Gasteiger partial charge in [0.15, 0.2) is 0 Å². The summed E-state index contributed by atoms with van der Waals surface area (Å²) < 4.78 is 5.12. The van der Waals surface area contributed by atoms with Crippen molar-refractivity contribution in [2.45, 2.75) is 31.9 Å². The fourth-order valence-corrected chi connectivity index (χ4v) is 3.32. The van der Waals surface area contributed by atoms with Crippen LogP contribution in [0.5, 0.6) is 0 Å². The summed E-state index contributed by atoms with van der Waals surface area (Å²) in [7, 11) is 0. The number of amides is 1. The highest BCUT2D eigenvalue weighted by Crippen LogP contribution is 2.25. The van der Waals surface area contributed by atoms with Crippen LogP contribution in [0.3, 0.4) is 0 Å². The summed E-state index contributed by atoms with van der Waals surface area (Å²) in [6, 6.07) is 14.7. The first kappa shape index (κ1) is 27.1. The Hall–Kier alpha value is -4.45. The van der Waals surface area contributed by atoms with Gasteiger partial charge in [0.05, 0.1) is 4.92 Å². The Morgan fingerprint density at radius 2 is 1.84 bits per heavy atom. The molecule has 0 saturated carbocycles. The van der Waals surface area contributed by atoms with Gasteiger partial charge in [-0.2, -0.15) is 4.98 Å². The first-order valence-electron chi connectivity index (χ1n) is 11.3. The van der Waals surface area contributed by atoms with Crippen molar-refractivity contribution in [3.8, 4) is 0 Å². The fraction of sp³-hybridized carbons (Fsp3) is 0.250. The van der Waals surface area contributed by atoms with Gasteiger partial charge >= 0.3 is 17.7 Å². The Morgan fingerprint density at radius 1 is 1.11 bits per heavy atom. The van der Waals surface area contributed by atoms with E-state index in [0.29, 0.717) is 23.6 Å². The fourth-order valence-electron chi connectivity index (χ4n) is 3.20. The molecule has 12 nitrogen and oxygen atoms in total. The van der Waals surface area contributed by atoms with Crippen LogP contribution in [0.25, 0.3) is 0 Å². The number of carboxylic acid groups (broad SMARTS) is 1. The molecule has 0 aliphatic carbocycles.